The third kappa shape index (κ3) is 9.23. The van der Waals surface area contributed by atoms with Crippen molar-refractivity contribution in [3.8, 4) is 22.6 Å². The van der Waals surface area contributed by atoms with Crippen molar-refractivity contribution in [2.75, 3.05) is 18.0 Å². The molecule has 0 radical (unpaired) electrons. The highest BCUT2D eigenvalue weighted by Gasteiger charge is 2.43. The van der Waals surface area contributed by atoms with Crippen LogP contribution in [0.25, 0.3) is 11.1 Å². The zero-order valence-corrected chi connectivity index (χ0v) is 20.6. The lowest BCUT2D eigenvalue weighted by atomic mass is 9.92. The largest absolute Gasteiger partial charge is 0.573 e. The van der Waals surface area contributed by atoms with Crippen LogP contribution in [0.2, 0.25) is 0 Å². The molecule has 1 heterocycles. The first-order chi connectivity index (χ1) is 18.6. The van der Waals surface area contributed by atoms with E-state index in [4.69, 9.17) is 0 Å². The number of benzene rings is 3. The molecule has 1 aliphatic heterocycles. The van der Waals surface area contributed by atoms with Crippen molar-refractivity contribution >= 4 is 5.69 Å². The van der Waals surface area contributed by atoms with E-state index in [1.165, 1.54) is 42.5 Å². The molecule has 0 atom stereocenters. The van der Waals surface area contributed by atoms with Crippen molar-refractivity contribution < 1.29 is 53.4 Å². The second-order valence-electron chi connectivity index (χ2n) is 8.61. The Labute approximate surface area is 222 Å². The summed E-state index contributed by atoms with van der Waals surface area (Å²) >= 11 is 0. The quantitative estimate of drug-likeness (QED) is 0.260. The standard InChI is InChI=1S/C19H17F6NO.C8H6F4O/c20-18(21,22)9-11-26-10-3-7-16-15(6-2-8-17(16)26)13-4-1-5-14(12-13)27-19(23,24)25;9-7(10)8(11,12)13-6-4-2-1-3-5-6/h1-2,4-6,8,12H,3,7,9-11H2;1-5,7H. The first-order valence-electron chi connectivity index (χ1n) is 11.8. The van der Waals surface area contributed by atoms with Gasteiger partial charge in [0.25, 0.3) is 0 Å². The molecule has 3 nitrogen and oxygen atoms in total. The van der Waals surface area contributed by atoms with E-state index in [0.717, 1.165) is 5.56 Å². The number of alkyl halides is 10. The molecule has 3 aromatic rings. The molecule has 13 heteroatoms. The summed E-state index contributed by atoms with van der Waals surface area (Å²) < 4.78 is 131. The third-order valence-electron chi connectivity index (χ3n) is 5.64. The molecule has 0 aliphatic carbocycles. The van der Waals surface area contributed by atoms with Crippen molar-refractivity contribution in [1.29, 1.82) is 0 Å². The third-order valence-corrected chi connectivity index (χ3v) is 5.64. The molecule has 0 saturated heterocycles. The second-order valence-corrected chi connectivity index (χ2v) is 8.61. The maximum absolute atomic E-state index is 12.6. The van der Waals surface area contributed by atoms with Crippen LogP contribution in [-0.4, -0.2) is 38.2 Å². The summed E-state index contributed by atoms with van der Waals surface area (Å²) in [5, 5.41) is 0. The molecule has 4 rings (SSSR count). The summed E-state index contributed by atoms with van der Waals surface area (Å²) in [5.74, 6) is -0.616. The van der Waals surface area contributed by atoms with Crippen LogP contribution >= 0.6 is 0 Å². The summed E-state index contributed by atoms with van der Waals surface area (Å²) in [4.78, 5) is 1.69. The Bertz CT molecular complexity index is 1230. The molecule has 40 heavy (non-hydrogen) atoms. The van der Waals surface area contributed by atoms with Gasteiger partial charge in [-0.25, -0.2) is 0 Å². The molecule has 3 aromatic carbocycles. The van der Waals surface area contributed by atoms with Gasteiger partial charge in [-0.1, -0.05) is 42.5 Å². The van der Waals surface area contributed by atoms with Gasteiger partial charge >= 0.3 is 25.1 Å². The molecule has 0 spiro atoms. The number of halogens is 10. The van der Waals surface area contributed by atoms with Crippen molar-refractivity contribution in [3.63, 3.8) is 0 Å². The van der Waals surface area contributed by atoms with E-state index in [9.17, 15) is 43.9 Å². The number of ether oxygens (including phenoxy) is 2. The predicted octanol–water partition coefficient (Wildman–Crippen LogP) is 8.88. The summed E-state index contributed by atoms with van der Waals surface area (Å²) in [6, 6.07) is 17.6. The minimum atomic E-state index is -4.79. The molecule has 0 aromatic heterocycles. The molecular weight excluding hydrogens is 560 g/mol. The first-order valence-corrected chi connectivity index (χ1v) is 11.8. The van der Waals surface area contributed by atoms with E-state index in [0.29, 0.717) is 36.2 Å². The zero-order chi connectivity index (χ0) is 29.6. The van der Waals surface area contributed by atoms with Crippen LogP contribution in [0, 0.1) is 0 Å². The van der Waals surface area contributed by atoms with E-state index < -0.39 is 31.5 Å². The van der Waals surface area contributed by atoms with Gasteiger partial charge in [0.1, 0.15) is 11.5 Å². The van der Waals surface area contributed by atoms with Crippen molar-refractivity contribution in [2.45, 2.75) is 44.3 Å². The van der Waals surface area contributed by atoms with E-state index in [1.807, 2.05) is 0 Å². The number of hydrogen-bond donors (Lipinski definition) is 0. The number of rotatable bonds is 7. The lowest BCUT2D eigenvalue weighted by molar-refractivity contribution is -0.274. The van der Waals surface area contributed by atoms with Crippen LogP contribution in [0.5, 0.6) is 11.5 Å². The molecule has 1 aliphatic rings. The van der Waals surface area contributed by atoms with Crippen LogP contribution in [0.4, 0.5) is 49.6 Å². The van der Waals surface area contributed by atoms with Crippen molar-refractivity contribution in [3.05, 3.63) is 78.4 Å². The highest BCUT2D eigenvalue weighted by Crippen LogP contribution is 2.37. The number of anilines is 1. The average Bonchev–Trinajstić information content (AvgIpc) is 2.86. The molecular formula is C27H23F10NO2. The van der Waals surface area contributed by atoms with Gasteiger partial charge in [0.05, 0.1) is 6.42 Å². The molecule has 0 amide bonds. The van der Waals surface area contributed by atoms with Gasteiger partial charge in [-0.2, -0.15) is 30.7 Å². The zero-order valence-electron chi connectivity index (χ0n) is 20.6. The number of fused-ring (bicyclic) bond motifs is 1. The molecule has 0 saturated carbocycles. The summed E-state index contributed by atoms with van der Waals surface area (Å²) in [6.45, 7) is 0.376. The Morgan fingerprint density at radius 3 is 2.02 bits per heavy atom. The van der Waals surface area contributed by atoms with Crippen molar-refractivity contribution in [1.82, 2.24) is 0 Å². The van der Waals surface area contributed by atoms with Gasteiger partial charge in [-0.3, -0.25) is 0 Å². The van der Waals surface area contributed by atoms with E-state index in [-0.39, 0.29) is 18.0 Å². The fourth-order valence-electron chi connectivity index (χ4n) is 4.02. The second kappa shape index (κ2) is 12.7. The Morgan fingerprint density at radius 1 is 0.750 bits per heavy atom. The molecule has 0 fully saturated rings. The summed E-state index contributed by atoms with van der Waals surface area (Å²) in [7, 11) is 0. The lowest BCUT2D eigenvalue weighted by Gasteiger charge is -2.33. The summed E-state index contributed by atoms with van der Waals surface area (Å²) in [5.41, 5.74) is 2.78. The number of nitrogens with zero attached hydrogens (tertiary/aromatic N) is 1. The van der Waals surface area contributed by atoms with Crippen LogP contribution in [0.1, 0.15) is 18.4 Å². The van der Waals surface area contributed by atoms with Gasteiger partial charge in [0, 0.05) is 18.8 Å². The maximum Gasteiger partial charge on any atom is 0.573 e. The Hall–Kier alpha value is -3.64. The van der Waals surface area contributed by atoms with Crippen LogP contribution in [-0.2, 0) is 6.42 Å². The fraction of sp³-hybridized carbons (Fsp3) is 0.333. The first kappa shape index (κ1) is 30.9. The van der Waals surface area contributed by atoms with Gasteiger partial charge in [0.2, 0.25) is 0 Å². The van der Waals surface area contributed by atoms with Crippen molar-refractivity contribution in [2.24, 2.45) is 0 Å². The monoisotopic (exact) mass is 583 g/mol. The van der Waals surface area contributed by atoms with E-state index >= 15 is 0 Å². The topological polar surface area (TPSA) is 21.7 Å². The Kier molecular flexibility index (Phi) is 9.80. The SMILES string of the molecule is FC(F)(F)CCN1CCCc2c(-c3cccc(OC(F)(F)F)c3)cccc21.FC(F)C(F)(F)Oc1ccccc1. The molecule has 0 N–H and O–H groups in total. The Balaban J connectivity index is 0.000000285. The Morgan fingerprint density at radius 2 is 1.40 bits per heavy atom. The van der Waals surface area contributed by atoms with E-state index in [1.54, 1.807) is 35.2 Å². The van der Waals surface area contributed by atoms with E-state index in [2.05, 4.69) is 9.47 Å². The maximum atomic E-state index is 12.6. The van der Waals surface area contributed by atoms with Crippen LogP contribution < -0.4 is 14.4 Å². The fourth-order valence-corrected chi connectivity index (χ4v) is 4.02. The highest BCUT2D eigenvalue weighted by atomic mass is 19.4. The predicted molar refractivity (Wildman–Crippen MR) is 128 cm³/mol. The summed E-state index contributed by atoms with van der Waals surface area (Å²) in [6.07, 6.45) is -16.9. The van der Waals surface area contributed by atoms with Crippen LogP contribution in [0.15, 0.2) is 72.8 Å². The lowest BCUT2D eigenvalue weighted by Crippen LogP contribution is -2.33. The van der Waals surface area contributed by atoms with Gasteiger partial charge < -0.3 is 14.4 Å². The van der Waals surface area contributed by atoms with Gasteiger partial charge in [-0.15, -0.1) is 13.2 Å². The highest BCUT2D eigenvalue weighted by molar-refractivity contribution is 5.76. The van der Waals surface area contributed by atoms with Crippen LogP contribution in [0.3, 0.4) is 0 Å². The smallest absolute Gasteiger partial charge is 0.428 e. The molecule has 0 bridgehead atoms. The van der Waals surface area contributed by atoms with Gasteiger partial charge in [-0.05, 0) is 59.9 Å². The molecule has 0 unspecified atom stereocenters. The molecule has 218 valence electrons. The minimum Gasteiger partial charge on any atom is -0.428 e. The number of hydrogen-bond acceptors (Lipinski definition) is 3. The van der Waals surface area contributed by atoms with Gasteiger partial charge in [0.15, 0.2) is 0 Å². The minimum absolute atomic E-state index is 0.142. The normalized spacial score (nSPS) is 13.8. The average molecular weight is 583 g/mol. The number of para-hydroxylation sites is 1.